The highest BCUT2D eigenvalue weighted by Gasteiger charge is 2.34. The highest BCUT2D eigenvalue weighted by Crippen LogP contribution is 1.92. The first-order valence-corrected chi connectivity index (χ1v) is 5.86. The van der Waals surface area contributed by atoms with E-state index in [4.69, 9.17) is 0 Å². The van der Waals surface area contributed by atoms with Gasteiger partial charge in [0.2, 0.25) is 0 Å². The second kappa shape index (κ2) is 3.31. The molecule has 0 radical (unpaired) electrons. The van der Waals surface area contributed by atoms with Crippen LogP contribution in [-0.4, -0.2) is 39.6 Å². The summed E-state index contributed by atoms with van der Waals surface area (Å²) in [7, 11) is -7.44. The summed E-state index contributed by atoms with van der Waals surface area (Å²) in [5, 5.41) is 0. The number of isocyanates is 1. The van der Waals surface area contributed by atoms with Gasteiger partial charge in [0, 0.05) is 7.05 Å². The van der Waals surface area contributed by atoms with Crippen molar-refractivity contribution < 1.29 is 25.0 Å². The summed E-state index contributed by atoms with van der Waals surface area (Å²) in [6.45, 7) is 0. The molecule has 9 heteroatoms. The summed E-state index contributed by atoms with van der Waals surface area (Å²) in [5.41, 5.74) is 0. The van der Waals surface area contributed by atoms with Gasteiger partial charge in [-0.1, -0.05) is 0 Å². The lowest BCUT2D eigenvalue weighted by Crippen LogP contribution is -2.34. The lowest BCUT2D eigenvalue weighted by atomic mass is 11.6. The van der Waals surface area contributed by atoms with E-state index in [0.717, 1.165) is 13.1 Å². The Hall–Kier alpha value is -0.760. The maximum atomic E-state index is 10.8. The van der Waals surface area contributed by atoms with Crippen LogP contribution in [0.1, 0.15) is 0 Å². The van der Waals surface area contributed by atoms with E-state index >= 15 is 0 Å². The van der Waals surface area contributed by atoms with Crippen LogP contribution in [0, 0.1) is 0 Å². The molecule has 0 heterocycles. The van der Waals surface area contributed by atoms with Crippen molar-refractivity contribution in [2.24, 2.45) is 0 Å². The Bertz CT molecular complexity index is 412. The smallest absolute Gasteiger partial charge is 0.162 e. The standard InChI is InChI=1S/C3H7N2O5S2/c1-4-12(9,10)5(3-6)11(2,7)8/h4H,1-2H3/q+1. The van der Waals surface area contributed by atoms with Gasteiger partial charge in [0.25, 0.3) is 0 Å². The Kier molecular flexibility index (Phi) is 3.10. The summed E-state index contributed by atoms with van der Waals surface area (Å²) in [6.07, 6.45) is 1.35. The normalized spacial score (nSPS) is 12.2. The highest BCUT2D eigenvalue weighted by molar-refractivity contribution is 7.96. The maximum Gasteiger partial charge on any atom is 0.467 e. The van der Waals surface area contributed by atoms with Crippen LogP contribution in [0.15, 0.2) is 0 Å². The quantitative estimate of drug-likeness (QED) is 0.326. The molecule has 0 aliphatic rings. The van der Waals surface area contributed by atoms with Gasteiger partial charge in [-0.15, -0.1) is 8.42 Å². The molecular formula is C3H7N2O5S2+. The lowest BCUT2D eigenvalue weighted by Gasteiger charge is -1.92. The molecule has 12 heavy (non-hydrogen) atoms. The number of hydrogen-bond donors (Lipinski definition) is 1. The zero-order chi connectivity index (χ0) is 9.99. The number of hydrogen-bond acceptors (Lipinski definition) is 5. The van der Waals surface area contributed by atoms with E-state index < -0.39 is 23.6 Å². The van der Waals surface area contributed by atoms with Crippen molar-refractivity contribution in [3.05, 3.63) is 0 Å². The third-order valence-electron chi connectivity index (χ3n) is 0.852. The number of nitrogens with one attached hydrogen (secondary N) is 1. The molecule has 0 fully saturated rings. The molecule has 0 aromatic carbocycles. The van der Waals surface area contributed by atoms with Gasteiger partial charge in [0.15, 0.2) is 0 Å². The van der Waals surface area contributed by atoms with Gasteiger partial charge in [-0.05, 0) is 0 Å². The van der Waals surface area contributed by atoms with E-state index in [-0.39, 0.29) is 0 Å². The monoisotopic (exact) mass is 215 g/mol. The van der Waals surface area contributed by atoms with E-state index in [1.54, 1.807) is 4.72 Å². The molecule has 0 unspecified atom stereocenters. The molecule has 0 saturated heterocycles. The molecule has 1 N–H and O–H groups in total. The van der Waals surface area contributed by atoms with Crippen molar-refractivity contribution in [3.8, 4) is 0 Å². The van der Waals surface area contributed by atoms with Crippen LogP contribution >= 0.6 is 0 Å². The van der Waals surface area contributed by atoms with Gasteiger partial charge in [0.1, 0.15) is 6.26 Å². The highest BCUT2D eigenvalue weighted by atomic mass is 32.3. The summed E-state index contributed by atoms with van der Waals surface area (Å²) in [6, 6.07) is 0. The Labute approximate surface area is 69.9 Å². The van der Waals surface area contributed by atoms with Crippen molar-refractivity contribution in [2.45, 2.75) is 0 Å². The van der Waals surface area contributed by atoms with Crippen LogP contribution < -0.4 is 4.72 Å². The summed E-state index contributed by atoms with van der Waals surface area (Å²) in [4.78, 5) is 9.96. The molecule has 7 nitrogen and oxygen atoms in total. The minimum Gasteiger partial charge on any atom is -0.162 e. The average molecular weight is 215 g/mol. The van der Waals surface area contributed by atoms with Crippen LogP contribution in [-0.2, 0) is 25.0 Å². The topological polar surface area (TPSA) is 100 Å². The Balaban J connectivity index is 5.61. The van der Waals surface area contributed by atoms with Crippen LogP contribution in [0.25, 0.3) is 0 Å². The third-order valence-corrected chi connectivity index (χ3v) is 3.96. The van der Waals surface area contributed by atoms with Crippen molar-refractivity contribution in [2.75, 3.05) is 13.3 Å². The van der Waals surface area contributed by atoms with Gasteiger partial charge in [-0.2, -0.15) is 17.9 Å². The number of sulfonamides is 1. The van der Waals surface area contributed by atoms with Gasteiger partial charge in [0.05, 0.1) is 3.39 Å². The summed E-state index contributed by atoms with van der Waals surface area (Å²) < 4.78 is 44.0. The predicted octanol–water partition coefficient (Wildman–Crippen LogP) is -2.24. The van der Waals surface area contributed by atoms with E-state index in [9.17, 15) is 21.6 Å². The molecule has 0 aliphatic carbocycles. The largest absolute Gasteiger partial charge is 0.467 e. The summed E-state index contributed by atoms with van der Waals surface area (Å²) in [5.74, 6) is 0. The van der Waals surface area contributed by atoms with Crippen molar-refractivity contribution in [3.63, 3.8) is 0 Å². The fraction of sp³-hybridized carbons (Fsp3) is 0.667. The first kappa shape index (κ1) is 11.2. The van der Waals surface area contributed by atoms with E-state index in [1.165, 1.54) is 0 Å². The second-order valence-corrected chi connectivity index (χ2v) is 5.55. The van der Waals surface area contributed by atoms with E-state index in [0.29, 0.717) is 6.26 Å². The molecule has 0 bridgehead atoms. The van der Waals surface area contributed by atoms with Crippen LogP contribution in [0.2, 0.25) is 0 Å². The predicted molar refractivity (Wildman–Crippen MR) is 38.8 cm³/mol. The number of carbonyl (C=O) groups excluding carboxylic acids is 1. The zero-order valence-corrected chi connectivity index (χ0v) is 7.94. The molecule has 70 valence electrons. The molecule has 0 spiro atoms. The first-order valence-electron chi connectivity index (χ1n) is 2.57. The van der Waals surface area contributed by atoms with Gasteiger partial charge in [-0.25, -0.2) is 0 Å². The number of rotatable bonds is 3. The second-order valence-electron chi connectivity index (χ2n) is 1.76. The molecule has 0 amide bonds. The lowest BCUT2D eigenvalue weighted by molar-refractivity contribution is -0.176. The van der Waals surface area contributed by atoms with Crippen LogP contribution in [0.3, 0.4) is 0 Å². The molecule has 0 rings (SSSR count). The fourth-order valence-electron chi connectivity index (χ4n) is 0.378. The van der Waals surface area contributed by atoms with E-state index in [1.807, 2.05) is 0 Å². The minimum atomic E-state index is -4.30. The zero-order valence-electron chi connectivity index (χ0n) is 6.30. The molecular weight excluding hydrogens is 208 g/mol. The van der Waals surface area contributed by atoms with E-state index in [2.05, 4.69) is 0 Å². The Morgan fingerprint density at radius 2 is 1.67 bits per heavy atom. The van der Waals surface area contributed by atoms with Gasteiger partial charge < -0.3 is 0 Å². The van der Waals surface area contributed by atoms with Crippen molar-refractivity contribution in [1.82, 2.24) is 4.72 Å². The van der Waals surface area contributed by atoms with Crippen LogP contribution in [0.5, 0.6) is 0 Å². The molecule has 0 aliphatic heterocycles. The van der Waals surface area contributed by atoms with Crippen molar-refractivity contribution >= 4 is 26.3 Å². The molecule has 0 aromatic heterocycles. The minimum absolute atomic E-state index is 0.417. The van der Waals surface area contributed by atoms with Gasteiger partial charge in [-0.3, -0.25) is 0 Å². The maximum absolute atomic E-state index is 10.8. The first-order chi connectivity index (χ1) is 5.25. The Morgan fingerprint density at radius 1 is 1.25 bits per heavy atom. The average Bonchev–Trinajstić information content (AvgIpc) is 1.85. The summed E-state index contributed by atoms with van der Waals surface area (Å²) >= 11 is 0. The molecule has 0 atom stereocenters. The number of nitrogens with zero attached hydrogens (tertiary/aromatic N) is 1. The van der Waals surface area contributed by atoms with Crippen molar-refractivity contribution in [1.29, 1.82) is 0 Å². The fourth-order valence-corrected chi connectivity index (χ4v) is 2.43. The molecule has 0 aromatic rings. The third kappa shape index (κ3) is 2.38. The SMILES string of the molecule is CNS(=O)(=O)[N+](=C=O)S(C)(=O)=O. The molecule has 0 saturated carbocycles. The Morgan fingerprint density at radius 3 is 1.75 bits per heavy atom. The van der Waals surface area contributed by atoms with Crippen LogP contribution in [0.4, 0.5) is 0 Å². The van der Waals surface area contributed by atoms with Gasteiger partial charge >= 0.3 is 26.3 Å².